The molecular formula is C19H17NO4. The third-order valence-corrected chi connectivity index (χ3v) is 3.97. The van der Waals surface area contributed by atoms with Gasteiger partial charge in [-0.1, -0.05) is 24.3 Å². The van der Waals surface area contributed by atoms with E-state index in [1.165, 1.54) is 6.92 Å². The van der Waals surface area contributed by atoms with Gasteiger partial charge in [0.2, 0.25) is 0 Å². The summed E-state index contributed by atoms with van der Waals surface area (Å²) in [5.74, 6) is -0.706. The van der Waals surface area contributed by atoms with Crippen LogP contribution in [-0.4, -0.2) is 22.2 Å². The van der Waals surface area contributed by atoms with Crippen LogP contribution in [0.4, 0.5) is 0 Å². The molecule has 0 aliphatic rings. The Balaban J connectivity index is 2.15. The lowest BCUT2D eigenvalue weighted by Crippen LogP contribution is -2.22. The van der Waals surface area contributed by atoms with Crippen molar-refractivity contribution in [2.24, 2.45) is 0 Å². The Morgan fingerprint density at radius 3 is 2.58 bits per heavy atom. The highest BCUT2D eigenvalue weighted by atomic mass is 16.5. The van der Waals surface area contributed by atoms with Crippen LogP contribution in [0.25, 0.3) is 21.9 Å². The zero-order valence-corrected chi connectivity index (χ0v) is 13.4. The number of H-pyrrole nitrogens is 1. The number of carbonyl (C=O) groups is 1. The Morgan fingerprint density at radius 1 is 1.12 bits per heavy atom. The van der Waals surface area contributed by atoms with Crippen LogP contribution in [-0.2, 0) is 4.79 Å². The standard InChI is InChI=1S/C19H17NO4/c1-11-5-3-4-6-14(11)17-10-20-18(21)16-9-13(7-8-15(16)17)24-12(2)19(22)23/h3-10,12H,1-2H3,(H,20,21)(H,22,23). The summed E-state index contributed by atoms with van der Waals surface area (Å²) in [7, 11) is 0. The van der Waals surface area contributed by atoms with Crippen LogP contribution in [0.15, 0.2) is 53.5 Å². The van der Waals surface area contributed by atoms with Crippen molar-refractivity contribution >= 4 is 16.7 Å². The molecule has 0 saturated carbocycles. The number of hydrogen-bond acceptors (Lipinski definition) is 3. The first-order valence-electron chi connectivity index (χ1n) is 7.58. The van der Waals surface area contributed by atoms with Crippen LogP contribution in [0.5, 0.6) is 5.75 Å². The van der Waals surface area contributed by atoms with Gasteiger partial charge in [-0.15, -0.1) is 0 Å². The summed E-state index contributed by atoms with van der Waals surface area (Å²) in [4.78, 5) is 25.9. The van der Waals surface area contributed by atoms with Gasteiger partial charge in [0.05, 0.1) is 5.39 Å². The van der Waals surface area contributed by atoms with Crippen LogP contribution in [0.1, 0.15) is 12.5 Å². The number of carboxylic acid groups (broad SMARTS) is 1. The summed E-state index contributed by atoms with van der Waals surface area (Å²) in [6, 6.07) is 13.0. The van der Waals surface area contributed by atoms with E-state index < -0.39 is 12.1 Å². The highest BCUT2D eigenvalue weighted by Gasteiger charge is 2.14. The van der Waals surface area contributed by atoms with Gasteiger partial charge in [-0.3, -0.25) is 4.79 Å². The fourth-order valence-electron chi connectivity index (χ4n) is 2.67. The molecule has 3 aromatic rings. The van der Waals surface area contributed by atoms with E-state index in [1.807, 2.05) is 31.2 Å². The van der Waals surface area contributed by atoms with E-state index in [9.17, 15) is 9.59 Å². The van der Waals surface area contributed by atoms with Crippen molar-refractivity contribution in [1.82, 2.24) is 4.98 Å². The Kier molecular flexibility index (Phi) is 4.08. The smallest absolute Gasteiger partial charge is 0.344 e. The van der Waals surface area contributed by atoms with E-state index in [4.69, 9.17) is 9.84 Å². The summed E-state index contributed by atoms with van der Waals surface area (Å²) < 4.78 is 5.36. The second-order valence-electron chi connectivity index (χ2n) is 5.65. The highest BCUT2D eigenvalue weighted by molar-refractivity contribution is 5.97. The van der Waals surface area contributed by atoms with Gasteiger partial charge in [-0.25, -0.2) is 4.79 Å². The lowest BCUT2D eigenvalue weighted by atomic mass is 9.97. The molecule has 0 fully saturated rings. The maximum Gasteiger partial charge on any atom is 0.344 e. The SMILES string of the molecule is Cc1ccccc1-c1c[nH]c(=O)c2cc(OC(C)C(=O)O)ccc12. The first-order chi connectivity index (χ1) is 11.5. The summed E-state index contributed by atoms with van der Waals surface area (Å²) in [5, 5.41) is 10.2. The number of aromatic amines is 1. The van der Waals surface area contributed by atoms with Crippen LogP contribution >= 0.6 is 0 Å². The number of benzene rings is 2. The maximum atomic E-state index is 12.2. The second kappa shape index (κ2) is 6.20. The minimum absolute atomic E-state index is 0.240. The molecule has 2 N–H and O–H groups in total. The van der Waals surface area contributed by atoms with Crippen molar-refractivity contribution in [3.05, 3.63) is 64.6 Å². The van der Waals surface area contributed by atoms with Gasteiger partial charge in [-0.2, -0.15) is 0 Å². The lowest BCUT2D eigenvalue weighted by molar-refractivity contribution is -0.144. The molecule has 122 valence electrons. The third kappa shape index (κ3) is 2.88. The molecule has 0 amide bonds. The average molecular weight is 323 g/mol. The summed E-state index contributed by atoms with van der Waals surface area (Å²) in [6.07, 6.45) is 0.717. The Labute approximate surface area is 138 Å². The van der Waals surface area contributed by atoms with E-state index in [0.29, 0.717) is 11.1 Å². The van der Waals surface area contributed by atoms with E-state index in [-0.39, 0.29) is 5.56 Å². The first-order valence-corrected chi connectivity index (χ1v) is 7.58. The highest BCUT2D eigenvalue weighted by Crippen LogP contribution is 2.30. The van der Waals surface area contributed by atoms with Crippen molar-refractivity contribution in [2.45, 2.75) is 20.0 Å². The van der Waals surface area contributed by atoms with Gasteiger partial charge < -0.3 is 14.8 Å². The second-order valence-corrected chi connectivity index (χ2v) is 5.65. The van der Waals surface area contributed by atoms with Gasteiger partial charge in [0.15, 0.2) is 6.10 Å². The molecule has 0 bridgehead atoms. The molecule has 0 radical (unpaired) electrons. The molecule has 5 nitrogen and oxygen atoms in total. The molecule has 0 spiro atoms. The predicted octanol–water partition coefficient (Wildman–Crippen LogP) is 3.36. The van der Waals surface area contributed by atoms with Crippen molar-refractivity contribution in [3.8, 4) is 16.9 Å². The van der Waals surface area contributed by atoms with Crippen molar-refractivity contribution in [2.75, 3.05) is 0 Å². The largest absolute Gasteiger partial charge is 0.479 e. The molecular weight excluding hydrogens is 306 g/mol. The van der Waals surface area contributed by atoms with Crippen LogP contribution in [0.3, 0.4) is 0 Å². The number of fused-ring (bicyclic) bond motifs is 1. The summed E-state index contributed by atoms with van der Waals surface area (Å²) in [6.45, 7) is 3.46. The van der Waals surface area contributed by atoms with E-state index >= 15 is 0 Å². The Morgan fingerprint density at radius 2 is 1.88 bits per heavy atom. The fraction of sp³-hybridized carbons (Fsp3) is 0.158. The van der Waals surface area contributed by atoms with E-state index in [1.54, 1.807) is 24.4 Å². The van der Waals surface area contributed by atoms with Crippen molar-refractivity contribution in [1.29, 1.82) is 0 Å². The zero-order chi connectivity index (χ0) is 17.3. The van der Waals surface area contributed by atoms with Crippen LogP contribution in [0.2, 0.25) is 0 Å². The number of aryl methyl sites for hydroxylation is 1. The number of hydrogen-bond donors (Lipinski definition) is 2. The number of carboxylic acids is 1. The minimum atomic E-state index is -1.06. The molecule has 24 heavy (non-hydrogen) atoms. The monoisotopic (exact) mass is 323 g/mol. The molecule has 0 saturated heterocycles. The van der Waals surface area contributed by atoms with E-state index in [2.05, 4.69) is 4.98 Å². The molecule has 3 rings (SSSR count). The van der Waals surface area contributed by atoms with Gasteiger partial charge in [0, 0.05) is 11.8 Å². The number of nitrogens with one attached hydrogen (secondary N) is 1. The van der Waals surface area contributed by atoms with Crippen LogP contribution < -0.4 is 10.3 Å². The lowest BCUT2D eigenvalue weighted by Gasteiger charge is -2.13. The average Bonchev–Trinajstić information content (AvgIpc) is 2.56. The van der Waals surface area contributed by atoms with Gasteiger partial charge in [0.1, 0.15) is 5.75 Å². The number of ether oxygens (including phenoxy) is 1. The van der Waals surface area contributed by atoms with Gasteiger partial charge in [-0.05, 0) is 48.6 Å². The third-order valence-electron chi connectivity index (χ3n) is 3.97. The minimum Gasteiger partial charge on any atom is -0.479 e. The molecule has 1 aromatic heterocycles. The quantitative estimate of drug-likeness (QED) is 0.771. The Bertz CT molecular complexity index is 975. The predicted molar refractivity (Wildman–Crippen MR) is 92.5 cm³/mol. The Hall–Kier alpha value is -3.08. The number of aliphatic carboxylic acids is 1. The zero-order valence-electron chi connectivity index (χ0n) is 13.4. The van der Waals surface area contributed by atoms with Gasteiger partial charge in [0.25, 0.3) is 5.56 Å². The topological polar surface area (TPSA) is 79.4 Å². The summed E-state index contributed by atoms with van der Waals surface area (Å²) >= 11 is 0. The number of rotatable bonds is 4. The fourth-order valence-corrected chi connectivity index (χ4v) is 2.67. The molecule has 1 atom stereocenters. The molecule has 1 unspecified atom stereocenters. The van der Waals surface area contributed by atoms with Crippen molar-refractivity contribution < 1.29 is 14.6 Å². The number of aromatic nitrogens is 1. The molecule has 2 aromatic carbocycles. The summed E-state index contributed by atoms with van der Waals surface area (Å²) in [5.41, 5.74) is 2.81. The molecule has 1 heterocycles. The van der Waals surface area contributed by atoms with Gasteiger partial charge >= 0.3 is 5.97 Å². The molecule has 0 aliphatic carbocycles. The van der Waals surface area contributed by atoms with Crippen LogP contribution in [0, 0.1) is 6.92 Å². The number of pyridine rings is 1. The van der Waals surface area contributed by atoms with Crippen molar-refractivity contribution in [3.63, 3.8) is 0 Å². The molecule has 0 aliphatic heterocycles. The normalized spacial score (nSPS) is 12.1. The maximum absolute atomic E-state index is 12.2. The first kappa shape index (κ1) is 15.8. The molecule has 5 heteroatoms. The van der Waals surface area contributed by atoms with E-state index in [0.717, 1.165) is 22.1 Å².